The molecule has 7 heteroatoms. The number of hydrogen-bond acceptors (Lipinski definition) is 4. The second kappa shape index (κ2) is 7.74. The Morgan fingerprint density at radius 2 is 1.68 bits per heavy atom. The van der Waals surface area contributed by atoms with E-state index in [1.807, 2.05) is 30.3 Å². The van der Waals surface area contributed by atoms with E-state index < -0.39 is 5.97 Å². The van der Waals surface area contributed by atoms with E-state index in [0.717, 1.165) is 11.3 Å². The Labute approximate surface area is 145 Å². The average Bonchev–Trinajstić information content (AvgIpc) is 2.63. The molecule has 0 radical (unpaired) electrons. The molecule has 0 atom stereocenters. The number of amides is 2. The van der Waals surface area contributed by atoms with Gasteiger partial charge in [-0.05, 0) is 37.8 Å². The van der Waals surface area contributed by atoms with Crippen LogP contribution in [0.1, 0.15) is 25.7 Å². The molecule has 0 unspecified atom stereocenters. The van der Waals surface area contributed by atoms with Crippen LogP contribution in [0.5, 0.6) is 0 Å². The van der Waals surface area contributed by atoms with Crippen LogP contribution in [0.3, 0.4) is 0 Å². The quantitative estimate of drug-likeness (QED) is 0.794. The van der Waals surface area contributed by atoms with E-state index in [2.05, 4.69) is 20.8 Å². The zero-order chi connectivity index (χ0) is 17.6. The van der Waals surface area contributed by atoms with Crippen molar-refractivity contribution in [3.8, 4) is 11.3 Å². The average molecular weight is 340 g/mol. The molecular formula is C18H20N4O3. The number of aromatic nitrogens is 2. The number of urea groups is 1. The Bertz CT molecular complexity index is 726. The SMILES string of the molecule is O=C(Nc1ccc(-c2ccccc2)nn1)NC1CCC(C(=O)O)CC1. The van der Waals surface area contributed by atoms with Gasteiger partial charge in [0.2, 0.25) is 0 Å². The van der Waals surface area contributed by atoms with Crippen molar-refractivity contribution in [3.05, 3.63) is 42.5 Å². The van der Waals surface area contributed by atoms with E-state index >= 15 is 0 Å². The number of carbonyl (C=O) groups is 2. The molecule has 1 fully saturated rings. The highest BCUT2D eigenvalue weighted by molar-refractivity contribution is 5.88. The van der Waals surface area contributed by atoms with Gasteiger partial charge in [-0.3, -0.25) is 10.1 Å². The molecular weight excluding hydrogens is 320 g/mol. The zero-order valence-corrected chi connectivity index (χ0v) is 13.7. The molecule has 7 nitrogen and oxygen atoms in total. The number of nitrogens with zero attached hydrogens (tertiary/aromatic N) is 2. The summed E-state index contributed by atoms with van der Waals surface area (Å²) in [6.45, 7) is 0. The Hall–Kier alpha value is -2.96. The number of aliphatic carboxylic acids is 1. The fourth-order valence-corrected chi connectivity index (χ4v) is 2.98. The first kappa shape index (κ1) is 16.9. The van der Waals surface area contributed by atoms with E-state index in [0.29, 0.717) is 31.5 Å². The van der Waals surface area contributed by atoms with Gasteiger partial charge in [-0.15, -0.1) is 10.2 Å². The van der Waals surface area contributed by atoms with Crippen LogP contribution in [-0.4, -0.2) is 33.3 Å². The van der Waals surface area contributed by atoms with Crippen LogP contribution in [0.25, 0.3) is 11.3 Å². The molecule has 1 aliphatic carbocycles. The summed E-state index contributed by atoms with van der Waals surface area (Å²) in [7, 11) is 0. The van der Waals surface area contributed by atoms with Crippen molar-refractivity contribution in [1.29, 1.82) is 0 Å². The van der Waals surface area contributed by atoms with Crippen LogP contribution in [-0.2, 0) is 4.79 Å². The van der Waals surface area contributed by atoms with E-state index in [9.17, 15) is 9.59 Å². The van der Waals surface area contributed by atoms with Crippen LogP contribution in [0.4, 0.5) is 10.6 Å². The van der Waals surface area contributed by atoms with E-state index in [1.54, 1.807) is 12.1 Å². The number of carbonyl (C=O) groups excluding carboxylic acids is 1. The fourth-order valence-electron chi connectivity index (χ4n) is 2.98. The van der Waals surface area contributed by atoms with E-state index in [4.69, 9.17) is 5.11 Å². The molecule has 25 heavy (non-hydrogen) atoms. The van der Waals surface area contributed by atoms with Crippen molar-refractivity contribution >= 4 is 17.8 Å². The molecule has 0 bridgehead atoms. The van der Waals surface area contributed by atoms with Crippen LogP contribution in [0, 0.1) is 5.92 Å². The predicted octanol–water partition coefficient (Wildman–Crippen LogP) is 2.91. The highest BCUT2D eigenvalue weighted by Gasteiger charge is 2.26. The van der Waals surface area contributed by atoms with Crippen molar-refractivity contribution in [2.75, 3.05) is 5.32 Å². The topological polar surface area (TPSA) is 104 Å². The summed E-state index contributed by atoms with van der Waals surface area (Å²) in [4.78, 5) is 23.0. The second-order valence-corrected chi connectivity index (χ2v) is 6.16. The third-order valence-corrected chi connectivity index (χ3v) is 4.39. The van der Waals surface area contributed by atoms with Gasteiger partial charge in [0.15, 0.2) is 5.82 Å². The molecule has 0 saturated heterocycles. The summed E-state index contributed by atoms with van der Waals surface area (Å²) in [5.41, 5.74) is 1.69. The Kier molecular flexibility index (Phi) is 5.23. The number of hydrogen-bond donors (Lipinski definition) is 3. The molecule has 2 aromatic rings. The van der Waals surface area contributed by atoms with Crippen LogP contribution >= 0.6 is 0 Å². The smallest absolute Gasteiger partial charge is 0.320 e. The highest BCUT2D eigenvalue weighted by atomic mass is 16.4. The number of benzene rings is 1. The van der Waals surface area contributed by atoms with Crippen LogP contribution in [0.15, 0.2) is 42.5 Å². The summed E-state index contributed by atoms with van der Waals surface area (Å²) < 4.78 is 0. The lowest BCUT2D eigenvalue weighted by molar-refractivity contribution is -0.142. The lowest BCUT2D eigenvalue weighted by Crippen LogP contribution is -2.41. The number of anilines is 1. The van der Waals surface area contributed by atoms with E-state index in [-0.39, 0.29) is 18.0 Å². The van der Waals surface area contributed by atoms with Crippen LogP contribution < -0.4 is 10.6 Å². The minimum Gasteiger partial charge on any atom is -0.481 e. The maximum Gasteiger partial charge on any atom is 0.320 e. The second-order valence-electron chi connectivity index (χ2n) is 6.16. The van der Waals surface area contributed by atoms with Crippen molar-refractivity contribution < 1.29 is 14.7 Å². The van der Waals surface area contributed by atoms with Gasteiger partial charge in [-0.1, -0.05) is 30.3 Å². The Morgan fingerprint density at radius 3 is 2.28 bits per heavy atom. The van der Waals surface area contributed by atoms with Gasteiger partial charge in [0.1, 0.15) is 0 Å². The molecule has 1 heterocycles. The largest absolute Gasteiger partial charge is 0.481 e. The summed E-state index contributed by atoms with van der Waals surface area (Å²) in [6, 6.07) is 12.8. The third kappa shape index (κ3) is 4.53. The van der Waals surface area contributed by atoms with Gasteiger partial charge in [-0.2, -0.15) is 0 Å². The van der Waals surface area contributed by atoms with Crippen molar-refractivity contribution in [3.63, 3.8) is 0 Å². The molecule has 1 saturated carbocycles. The summed E-state index contributed by atoms with van der Waals surface area (Å²) in [5, 5.41) is 22.7. The van der Waals surface area contributed by atoms with Gasteiger partial charge in [-0.25, -0.2) is 4.79 Å². The van der Waals surface area contributed by atoms with Gasteiger partial charge >= 0.3 is 12.0 Å². The lowest BCUT2D eigenvalue weighted by atomic mass is 9.86. The molecule has 1 aromatic carbocycles. The van der Waals surface area contributed by atoms with Crippen LogP contribution in [0.2, 0.25) is 0 Å². The number of rotatable bonds is 4. The predicted molar refractivity (Wildman–Crippen MR) is 93.0 cm³/mol. The first-order chi connectivity index (χ1) is 12.1. The first-order valence-electron chi connectivity index (χ1n) is 8.31. The molecule has 0 aliphatic heterocycles. The summed E-state index contributed by atoms with van der Waals surface area (Å²) >= 11 is 0. The number of carboxylic acid groups (broad SMARTS) is 1. The highest BCUT2D eigenvalue weighted by Crippen LogP contribution is 2.24. The lowest BCUT2D eigenvalue weighted by Gasteiger charge is -2.26. The first-order valence-corrected chi connectivity index (χ1v) is 8.31. The minimum absolute atomic E-state index is 0.00727. The zero-order valence-electron chi connectivity index (χ0n) is 13.7. The number of nitrogens with one attached hydrogen (secondary N) is 2. The maximum absolute atomic E-state index is 12.0. The molecule has 0 spiro atoms. The van der Waals surface area contributed by atoms with Crippen molar-refractivity contribution in [1.82, 2.24) is 15.5 Å². The van der Waals surface area contributed by atoms with Crippen molar-refractivity contribution in [2.45, 2.75) is 31.7 Å². The third-order valence-electron chi connectivity index (χ3n) is 4.39. The Balaban J connectivity index is 1.51. The summed E-state index contributed by atoms with van der Waals surface area (Å²) in [6.07, 6.45) is 2.52. The fraction of sp³-hybridized carbons (Fsp3) is 0.333. The molecule has 3 rings (SSSR count). The molecule has 1 aromatic heterocycles. The molecule has 3 N–H and O–H groups in total. The Morgan fingerprint density at radius 1 is 0.960 bits per heavy atom. The van der Waals surface area contributed by atoms with Crippen molar-refractivity contribution in [2.24, 2.45) is 5.92 Å². The van der Waals surface area contributed by atoms with Gasteiger partial charge < -0.3 is 10.4 Å². The van der Waals surface area contributed by atoms with Gasteiger partial charge in [0.25, 0.3) is 0 Å². The molecule has 130 valence electrons. The minimum atomic E-state index is -0.753. The molecule has 2 amide bonds. The summed E-state index contributed by atoms with van der Waals surface area (Å²) in [5.74, 6) is -0.675. The normalized spacial score (nSPS) is 19.8. The number of carboxylic acids is 1. The monoisotopic (exact) mass is 340 g/mol. The molecule has 1 aliphatic rings. The van der Waals surface area contributed by atoms with Gasteiger partial charge in [0, 0.05) is 11.6 Å². The van der Waals surface area contributed by atoms with Gasteiger partial charge in [0.05, 0.1) is 11.6 Å². The van der Waals surface area contributed by atoms with E-state index in [1.165, 1.54) is 0 Å². The standard InChI is InChI=1S/C18H20N4O3/c23-17(24)13-6-8-14(9-7-13)19-18(25)20-16-11-10-15(21-22-16)12-4-2-1-3-5-12/h1-5,10-11,13-14H,6-9H2,(H,23,24)(H2,19,20,22,25). The maximum atomic E-state index is 12.0.